The molecule has 0 spiro atoms. The molecule has 0 radical (unpaired) electrons. The van der Waals surface area contributed by atoms with Crippen LogP contribution in [0.4, 0.5) is 0 Å². The maximum Gasteiger partial charge on any atom is 0.177 e. The van der Waals surface area contributed by atoms with E-state index in [2.05, 4.69) is 23.4 Å². The summed E-state index contributed by atoms with van der Waals surface area (Å²) in [5, 5.41) is 0. The van der Waals surface area contributed by atoms with Gasteiger partial charge in [0.2, 0.25) is 0 Å². The van der Waals surface area contributed by atoms with E-state index in [9.17, 15) is 0 Å². The summed E-state index contributed by atoms with van der Waals surface area (Å²) in [6.07, 6.45) is 4.99. The number of aryl methyl sites for hydroxylation is 1. The van der Waals surface area contributed by atoms with Crippen molar-refractivity contribution < 1.29 is 0 Å². The number of rotatable bonds is 1. The van der Waals surface area contributed by atoms with E-state index in [4.69, 9.17) is 12.2 Å². The van der Waals surface area contributed by atoms with Gasteiger partial charge in [-0.2, -0.15) is 0 Å². The SMILES string of the molecule is CC(C)n1c2c([nH]c1=S)CCCC2. The van der Waals surface area contributed by atoms with Gasteiger partial charge < -0.3 is 9.55 Å². The van der Waals surface area contributed by atoms with Crippen LogP contribution >= 0.6 is 12.2 Å². The molecule has 1 N–H and O–H groups in total. The quantitative estimate of drug-likeness (QED) is 0.685. The number of hydrogen-bond donors (Lipinski definition) is 1. The van der Waals surface area contributed by atoms with Crippen molar-refractivity contribution in [3.63, 3.8) is 0 Å². The maximum absolute atomic E-state index is 5.30. The Balaban J connectivity index is 2.55. The molecule has 0 aromatic carbocycles. The van der Waals surface area contributed by atoms with Gasteiger partial charge in [0.25, 0.3) is 0 Å². The molecule has 2 rings (SSSR count). The molecule has 2 nitrogen and oxygen atoms in total. The van der Waals surface area contributed by atoms with Gasteiger partial charge >= 0.3 is 0 Å². The molecule has 13 heavy (non-hydrogen) atoms. The number of hydrogen-bond acceptors (Lipinski definition) is 1. The first kappa shape index (κ1) is 9.00. The Kier molecular flexibility index (Phi) is 2.28. The van der Waals surface area contributed by atoms with Crippen LogP contribution in [0.25, 0.3) is 0 Å². The van der Waals surface area contributed by atoms with Crippen molar-refractivity contribution in [3.05, 3.63) is 16.2 Å². The normalized spacial score (nSPS) is 16.2. The zero-order chi connectivity index (χ0) is 9.42. The molecule has 0 saturated carbocycles. The summed E-state index contributed by atoms with van der Waals surface area (Å²) in [5.41, 5.74) is 2.83. The van der Waals surface area contributed by atoms with Crippen molar-refractivity contribution in [2.45, 2.75) is 45.6 Å². The number of aromatic nitrogens is 2. The van der Waals surface area contributed by atoms with Crippen LogP contribution in [0.2, 0.25) is 0 Å². The molecule has 1 aliphatic carbocycles. The third-order valence-electron chi connectivity index (χ3n) is 2.72. The minimum atomic E-state index is 0.491. The highest BCUT2D eigenvalue weighted by molar-refractivity contribution is 7.71. The molecule has 0 bridgehead atoms. The van der Waals surface area contributed by atoms with E-state index in [-0.39, 0.29) is 0 Å². The lowest BCUT2D eigenvalue weighted by Gasteiger charge is -2.16. The van der Waals surface area contributed by atoms with Gasteiger partial charge in [-0.25, -0.2) is 0 Å². The van der Waals surface area contributed by atoms with Gasteiger partial charge in [0.1, 0.15) is 0 Å². The molecule has 0 atom stereocenters. The third kappa shape index (κ3) is 1.46. The van der Waals surface area contributed by atoms with Crippen LogP contribution in [0.1, 0.15) is 44.1 Å². The second kappa shape index (κ2) is 3.29. The summed E-state index contributed by atoms with van der Waals surface area (Å²) >= 11 is 5.30. The summed E-state index contributed by atoms with van der Waals surface area (Å²) in [5.74, 6) is 0. The van der Waals surface area contributed by atoms with Gasteiger partial charge in [0.15, 0.2) is 4.77 Å². The summed E-state index contributed by atoms with van der Waals surface area (Å²) in [4.78, 5) is 3.32. The Hall–Kier alpha value is -0.570. The molecule has 1 heterocycles. The van der Waals surface area contributed by atoms with Crippen LogP contribution in [0, 0.1) is 4.77 Å². The fourth-order valence-corrected chi connectivity index (χ4v) is 2.59. The molecule has 72 valence electrons. The number of aromatic amines is 1. The highest BCUT2D eigenvalue weighted by atomic mass is 32.1. The lowest BCUT2D eigenvalue weighted by molar-refractivity contribution is 0.543. The number of imidazole rings is 1. The van der Waals surface area contributed by atoms with Crippen LogP contribution in [0.5, 0.6) is 0 Å². The van der Waals surface area contributed by atoms with Crippen LogP contribution in [-0.4, -0.2) is 9.55 Å². The molecule has 0 saturated heterocycles. The standard InChI is InChI=1S/C10H16N2S/c1-7(2)12-9-6-4-3-5-8(9)11-10(12)13/h7H,3-6H2,1-2H3,(H,11,13). The Morgan fingerprint density at radius 2 is 2.00 bits per heavy atom. The van der Waals surface area contributed by atoms with Crippen LogP contribution in [-0.2, 0) is 12.8 Å². The van der Waals surface area contributed by atoms with Crippen molar-refractivity contribution in [1.82, 2.24) is 9.55 Å². The van der Waals surface area contributed by atoms with Crippen molar-refractivity contribution in [2.24, 2.45) is 0 Å². The summed E-state index contributed by atoms with van der Waals surface area (Å²) in [7, 11) is 0. The van der Waals surface area contributed by atoms with Crippen LogP contribution < -0.4 is 0 Å². The molecule has 1 aliphatic rings. The van der Waals surface area contributed by atoms with E-state index < -0.39 is 0 Å². The summed E-state index contributed by atoms with van der Waals surface area (Å²) < 4.78 is 3.17. The molecule has 0 aliphatic heterocycles. The predicted octanol–water partition coefficient (Wildman–Crippen LogP) is 3.01. The first-order chi connectivity index (χ1) is 6.20. The van der Waals surface area contributed by atoms with Crippen molar-refractivity contribution in [1.29, 1.82) is 0 Å². The molecular formula is C10H16N2S. The van der Waals surface area contributed by atoms with Gasteiger partial charge in [0, 0.05) is 17.4 Å². The van der Waals surface area contributed by atoms with Crippen LogP contribution in [0.3, 0.4) is 0 Å². The fraction of sp³-hybridized carbons (Fsp3) is 0.700. The number of nitrogens with zero attached hydrogens (tertiary/aromatic N) is 1. The lowest BCUT2D eigenvalue weighted by Crippen LogP contribution is -2.10. The van der Waals surface area contributed by atoms with E-state index in [0.29, 0.717) is 6.04 Å². The van der Waals surface area contributed by atoms with E-state index >= 15 is 0 Å². The highest BCUT2D eigenvalue weighted by Gasteiger charge is 2.16. The van der Waals surface area contributed by atoms with Crippen LogP contribution in [0.15, 0.2) is 0 Å². The number of H-pyrrole nitrogens is 1. The Morgan fingerprint density at radius 3 is 2.69 bits per heavy atom. The molecule has 1 aromatic heterocycles. The molecule has 3 heteroatoms. The van der Waals surface area contributed by atoms with Gasteiger partial charge in [-0.05, 0) is 51.7 Å². The second-order valence-corrected chi connectivity index (χ2v) is 4.41. The second-order valence-electron chi connectivity index (χ2n) is 4.03. The Morgan fingerprint density at radius 1 is 1.31 bits per heavy atom. The highest BCUT2D eigenvalue weighted by Crippen LogP contribution is 2.23. The molecule has 0 unspecified atom stereocenters. The Bertz CT molecular complexity index is 359. The number of nitrogens with one attached hydrogen (secondary N) is 1. The lowest BCUT2D eigenvalue weighted by atomic mass is 10.0. The van der Waals surface area contributed by atoms with Crippen molar-refractivity contribution in [3.8, 4) is 0 Å². The molecule has 0 fully saturated rings. The monoisotopic (exact) mass is 196 g/mol. The summed E-state index contributed by atoms with van der Waals surface area (Å²) in [6, 6.07) is 0.491. The minimum absolute atomic E-state index is 0.491. The Labute approximate surface area is 84.0 Å². The van der Waals surface area contributed by atoms with E-state index in [1.165, 1.54) is 37.1 Å². The third-order valence-corrected chi connectivity index (χ3v) is 3.02. The zero-order valence-corrected chi connectivity index (χ0v) is 9.08. The fourth-order valence-electron chi connectivity index (χ4n) is 2.15. The first-order valence-corrected chi connectivity index (χ1v) is 5.43. The zero-order valence-electron chi connectivity index (χ0n) is 8.26. The maximum atomic E-state index is 5.30. The summed E-state index contributed by atoms with van der Waals surface area (Å²) in [6.45, 7) is 4.39. The van der Waals surface area contributed by atoms with E-state index in [1.807, 2.05) is 0 Å². The van der Waals surface area contributed by atoms with Gasteiger partial charge in [-0.1, -0.05) is 0 Å². The van der Waals surface area contributed by atoms with Crippen molar-refractivity contribution >= 4 is 12.2 Å². The smallest absolute Gasteiger partial charge is 0.177 e. The predicted molar refractivity (Wildman–Crippen MR) is 56.6 cm³/mol. The van der Waals surface area contributed by atoms with Crippen molar-refractivity contribution in [2.75, 3.05) is 0 Å². The van der Waals surface area contributed by atoms with E-state index in [1.54, 1.807) is 0 Å². The van der Waals surface area contributed by atoms with Gasteiger partial charge in [0.05, 0.1) is 0 Å². The minimum Gasteiger partial charge on any atom is -0.334 e. The average Bonchev–Trinajstić information content (AvgIpc) is 2.39. The molecular weight excluding hydrogens is 180 g/mol. The number of fused-ring (bicyclic) bond motifs is 1. The first-order valence-electron chi connectivity index (χ1n) is 5.02. The topological polar surface area (TPSA) is 20.7 Å². The largest absolute Gasteiger partial charge is 0.334 e. The molecule has 1 aromatic rings. The van der Waals surface area contributed by atoms with Gasteiger partial charge in [-0.15, -0.1) is 0 Å². The average molecular weight is 196 g/mol. The van der Waals surface area contributed by atoms with Gasteiger partial charge in [-0.3, -0.25) is 0 Å². The van der Waals surface area contributed by atoms with E-state index in [0.717, 1.165) is 4.77 Å². The molecule has 0 amide bonds.